The Morgan fingerprint density at radius 3 is 0.635 bits per heavy atom. The first kappa shape index (κ1) is 82.3. The van der Waals surface area contributed by atoms with Crippen LogP contribution in [-0.4, -0.2) is 95.1 Å². The van der Waals surface area contributed by atoms with E-state index in [1.165, 1.54) is 24.3 Å². The Morgan fingerprint density at radius 1 is 0.231 bits per heavy atom. The third kappa shape index (κ3) is 14.2. The van der Waals surface area contributed by atoms with Crippen LogP contribution in [0.3, 0.4) is 0 Å². The van der Waals surface area contributed by atoms with Crippen molar-refractivity contribution in [3.05, 3.63) is 226 Å². The third-order valence-electron chi connectivity index (χ3n) is 13.9. The second-order valence-electron chi connectivity index (χ2n) is 20.7. The number of halogens is 28. The van der Waals surface area contributed by atoms with Gasteiger partial charge in [-0.1, -0.05) is 72.8 Å². The zero-order valence-electron chi connectivity index (χ0n) is 49.9. The van der Waals surface area contributed by atoms with E-state index in [1.807, 2.05) is 0 Å². The van der Waals surface area contributed by atoms with Crippen LogP contribution < -0.4 is 9.47 Å². The Balaban J connectivity index is 1.16. The molecule has 11 nitrogen and oxygen atoms in total. The normalized spacial score (nSPS) is 14.7. The fourth-order valence-corrected chi connectivity index (χ4v) is 26.0. The minimum atomic E-state index is -7.85. The van der Waals surface area contributed by atoms with Crippen LogP contribution in [0.25, 0.3) is 0 Å². The van der Waals surface area contributed by atoms with E-state index in [2.05, 4.69) is 2.51 Å². The average Bonchev–Trinajstić information content (AvgIpc) is 0.705. The molecule has 0 atom stereocenters. The maximum atomic E-state index is 15.5. The molecule has 0 aliphatic carbocycles. The van der Waals surface area contributed by atoms with E-state index < -0.39 is 201 Å². The summed E-state index contributed by atoms with van der Waals surface area (Å²) < 4.78 is 488. The van der Waals surface area contributed by atoms with Crippen LogP contribution in [0.5, 0.6) is 23.0 Å². The minimum absolute atomic E-state index is 0.466. The molecular weight excluding hydrogens is 1700 g/mol. The summed E-state index contributed by atoms with van der Waals surface area (Å²) in [4.78, 5) is -3.40. The molecule has 0 fully saturated rings. The number of hydrogen-bond acceptors (Lipinski definition) is 11. The van der Waals surface area contributed by atoms with Crippen LogP contribution in [-0.2, 0) is 40.1 Å². The first-order valence-corrected chi connectivity index (χ1v) is 37.7. The molecule has 0 unspecified atom stereocenters. The zero-order chi connectivity index (χ0) is 78.0. The second-order valence-corrected chi connectivity index (χ2v) is 36.2. The van der Waals surface area contributed by atoms with E-state index in [0.717, 1.165) is 170 Å². The van der Waals surface area contributed by atoms with E-state index >= 15 is 26.3 Å². The van der Waals surface area contributed by atoms with Gasteiger partial charge in [0, 0.05) is 0 Å². The van der Waals surface area contributed by atoms with Crippen molar-refractivity contribution in [1.29, 1.82) is 0 Å². The molecule has 0 saturated carbocycles. The number of alkyl halides is 27. The van der Waals surface area contributed by atoms with Crippen molar-refractivity contribution in [2.45, 2.75) is 99.2 Å². The Kier molecular flexibility index (Phi) is 22.2. The number of rotatable bonds is 27. The molecule has 0 aliphatic rings. The summed E-state index contributed by atoms with van der Waals surface area (Å²) in [7, 11) is -32.3. The number of benzene rings is 8. The van der Waals surface area contributed by atoms with Gasteiger partial charge in [-0.15, -0.1) is 0 Å². The van der Waals surface area contributed by atoms with Crippen LogP contribution in [0.4, 0.5) is 119 Å². The van der Waals surface area contributed by atoms with Gasteiger partial charge >= 0.3 is 413 Å². The van der Waals surface area contributed by atoms with Gasteiger partial charge < -0.3 is 0 Å². The summed E-state index contributed by atoms with van der Waals surface area (Å²) in [6, 6.07) is 33.5. The van der Waals surface area contributed by atoms with Gasteiger partial charge in [0.05, 0.1) is 0 Å². The van der Waals surface area contributed by atoms with Crippen molar-refractivity contribution < 1.29 is 163 Å². The molecule has 0 radical (unpaired) electrons. The van der Waals surface area contributed by atoms with E-state index in [-0.39, 0.29) is 0 Å². The SMILES string of the molecule is O=S(=O)(OI(c1ccc(Oc2ccc(S(OS(=O)(=O)C(F)(F)C(F)(F)C(F)(F)C(F)(F)F)(c3ccccc3)c3ccccc3)cc2)cc1)c1ccc(Oc2ccc(S(OS(=O)(=O)C(F)(F)C(F)(F)C(F)(F)C(F)(F)F)(c3ccccc3)c3ccccc3)cc2)cc1)C(F)(F)C(F)(F)C(F)(F)C(F)(F)F. The summed E-state index contributed by atoms with van der Waals surface area (Å²) in [5, 5.41) is -22.2. The molecule has 0 N–H and O–H groups in total. The van der Waals surface area contributed by atoms with Crippen LogP contribution in [0.1, 0.15) is 0 Å². The van der Waals surface area contributed by atoms with Gasteiger partial charge in [0.25, 0.3) is 0 Å². The molecule has 8 rings (SSSR count). The van der Waals surface area contributed by atoms with Crippen LogP contribution >= 0.6 is 40.9 Å². The van der Waals surface area contributed by atoms with Crippen molar-refractivity contribution in [2.75, 3.05) is 0 Å². The standard InChI is InChI=1S/C60H36F27IO11S5/c61-49(62,55(73,74)75)52(67,68)58(82,83)102(89,90)97-88(37-21-25-39(26-22-37)95-41-29-33-47(34-30-41)100(43-13-5-1-6-14-43,44-15-7-2-8-16-44)98-103(91,92)59(84,85)53(69,70)50(63,64)56(76,77)78)38-23-27-40(28-24-38)96-42-31-35-48(36-32-42)101(45-17-9-3-10-18-45,46-19-11-4-12-20-46)99-104(93,94)60(86,87)54(71,72)51(65,66)57(79,80)81/h1-36H. The van der Waals surface area contributed by atoms with E-state index in [4.69, 9.17) is 16.7 Å². The summed E-state index contributed by atoms with van der Waals surface area (Å²) in [6.07, 6.45) is -22.5. The first-order valence-electron chi connectivity index (χ1n) is 27.3. The Hall–Kier alpha value is -7.37. The Morgan fingerprint density at radius 2 is 0.423 bits per heavy atom. The summed E-state index contributed by atoms with van der Waals surface area (Å²) in [6.45, 7) is 0. The third-order valence-corrected chi connectivity index (χ3v) is 31.8. The summed E-state index contributed by atoms with van der Waals surface area (Å²) >= 11 is -5.16. The van der Waals surface area contributed by atoms with Crippen molar-refractivity contribution in [2.24, 2.45) is 0 Å². The average molecular weight is 1730 g/mol. The number of hydrogen-bond donors (Lipinski definition) is 0. The Bertz CT molecular complexity index is 4350. The maximum absolute atomic E-state index is 15.5. The van der Waals surface area contributed by atoms with E-state index in [9.17, 15) is 117 Å². The molecule has 0 bridgehead atoms. The topological polar surface area (TPSA) is 149 Å². The fourth-order valence-electron chi connectivity index (χ4n) is 8.63. The molecule has 0 heterocycles. The molecule has 0 saturated heterocycles. The van der Waals surface area contributed by atoms with Crippen LogP contribution in [0.15, 0.2) is 248 Å². The molecule has 0 aliphatic heterocycles. The van der Waals surface area contributed by atoms with Gasteiger partial charge in [-0.25, -0.2) is 0 Å². The van der Waals surface area contributed by atoms with Gasteiger partial charge in [-0.05, 0) is 0 Å². The predicted octanol–water partition coefficient (Wildman–Crippen LogP) is 21.4. The first-order chi connectivity index (χ1) is 47.5. The van der Waals surface area contributed by atoms with Crippen molar-refractivity contribution in [3.63, 3.8) is 0 Å². The molecule has 104 heavy (non-hydrogen) atoms. The molecule has 0 aromatic heterocycles. The van der Waals surface area contributed by atoms with E-state index in [1.54, 1.807) is 0 Å². The predicted molar refractivity (Wildman–Crippen MR) is 321 cm³/mol. The zero-order valence-corrected chi connectivity index (χ0v) is 56.1. The van der Waals surface area contributed by atoms with Gasteiger partial charge in [0.2, 0.25) is 0 Å². The molecule has 8 aromatic rings. The second kappa shape index (κ2) is 28.1. The summed E-state index contributed by atoms with van der Waals surface area (Å²) in [5.41, 5.74) is 0. The van der Waals surface area contributed by atoms with Gasteiger partial charge in [-0.3, -0.25) is 0 Å². The molecule has 8 aromatic carbocycles. The van der Waals surface area contributed by atoms with Crippen molar-refractivity contribution in [1.82, 2.24) is 0 Å². The van der Waals surface area contributed by atoms with Crippen LogP contribution in [0.2, 0.25) is 0 Å². The van der Waals surface area contributed by atoms with Crippen LogP contribution in [0, 0.1) is 7.14 Å². The molecule has 0 spiro atoms. The molecular formula is C60H36F27IO11S5. The fraction of sp³-hybridized carbons (Fsp3) is 0.200. The van der Waals surface area contributed by atoms with Crippen molar-refractivity contribution >= 4 is 71.2 Å². The molecule has 0 amide bonds. The summed E-state index contributed by atoms with van der Waals surface area (Å²) in [5.74, 6) is -48.6. The van der Waals surface area contributed by atoms with Gasteiger partial charge in [0.15, 0.2) is 0 Å². The molecule has 568 valence electrons. The van der Waals surface area contributed by atoms with Gasteiger partial charge in [0.1, 0.15) is 0 Å². The van der Waals surface area contributed by atoms with Crippen molar-refractivity contribution in [3.8, 4) is 23.0 Å². The number of ether oxygens (including phenoxy) is 2. The Labute approximate surface area is 578 Å². The van der Waals surface area contributed by atoms with E-state index in [0.29, 0.717) is 24.3 Å². The van der Waals surface area contributed by atoms with Gasteiger partial charge in [-0.2, -0.15) is 95.9 Å². The molecule has 44 heteroatoms. The quantitative estimate of drug-likeness (QED) is 0.0358. The monoisotopic (exact) mass is 1730 g/mol.